The van der Waals surface area contributed by atoms with Crippen LogP contribution in [0.1, 0.15) is 11.7 Å². The van der Waals surface area contributed by atoms with E-state index in [0.29, 0.717) is 5.56 Å². The Morgan fingerprint density at radius 2 is 1.45 bits per heavy atom. The van der Waals surface area contributed by atoms with Gasteiger partial charge < -0.3 is 5.11 Å². The highest BCUT2D eigenvalue weighted by atomic mass is 79.9. The molecule has 0 bridgehead atoms. The van der Waals surface area contributed by atoms with Crippen LogP contribution in [0, 0.1) is 0 Å². The zero-order valence-corrected chi connectivity index (χ0v) is 13.3. The minimum Gasteiger partial charge on any atom is -0.386 e. The predicted molar refractivity (Wildman–Crippen MR) is 84.4 cm³/mol. The third kappa shape index (κ3) is 3.48. The molecule has 2 aromatic carbocycles. The molecule has 0 amide bonds. The Morgan fingerprint density at radius 3 is 1.95 bits per heavy atom. The second-order valence-corrected chi connectivity index (χ2v) is 8.37. The summed E-state index contributed by atoms with van der Waals surface area (Å²) >= 11 is 3.03. The summed E-state index contributed by atoms with van der Waals surface area (Å²) in [4.78, 5) is 0. The number of benzene rings is 2. The molecule has 0 saturated carbocycles. The zero-order chi connectivity index (χ0) is 14.8. The molecule has 106 valence electrons. The molecule has 3 nitrogen and oxygen atoms in total. The predicted octanol–water partition coefficient (Wildman–Crippen LogP) is 3.15. The molecule has 0 radical (unpaired) electrons. The molecule has 0 heterocycles. The third-order valence-corrected chi connectivity index (χ3v) is 6.63. The molecule has 0 aromatic heterocycles. The maximum absolute atomic E-state index is 11.4. The van der Waals surface area contributed by atoms with Crippen molar-refractivity contribution in [1.82, 2.24) is 0 Å². The Hall–Kier alpha value is -1.17. The lowest BCUT2D eigenvalue weighted by Crippen LogP contribution is -2.21. The molecule has 2 atom stereocenters. The molecule has 2 aromatic rings. The van der Waals surface area contributed by atoms with Gasteiger partial charge in [0.1, 0.15) is 10.3 Å². The van der Waals surface area contributed by atoms with Crippen LogP contribution in [0.2, 0.25) is 0 Å². The van der Waals surface area contributed by atoms with E-state index in [2.05, 4.69) is 15.9 Å². The average Bonchev–Trinajstić information content (AvgIpc) is 2.46. The van der Waals surface area contributed by atoms with Gasteiger partial charge in [-0.2, -0.15) is 0 Å². The van der Waals surface area contributed by atoms with Crippen molar-refractivity contribution in [3.63, 3.8) is 0 Å². The Labute approximate surface area is 127 Å². The van der Waals surface area contributed by atoms with Crippen molar-refractivity contribution in [1.29, 1.82) is 0 Å². The van der Waals surface area contributed by atoms with Gasteiger partial charge in [-0.05, 0) is 16.7 Å². The number of alkyl halides is 1. The first-order chi connectivity index (χ1) is 9.39. The van der Waals surface area contributed by atoms with Crippen molar-refractivity contribution in [3.8, 4) is 11.1 Å². The molecule has 0 aliphatic carbocycles. The molecular weight excluding hydrogens is 340 g/mol. The van der Waals surface area contributed by atoms with Crippen molar-refractivity contribution in [2.24, 2.45) is 0 Å². The molecule has 0 saturated heterocycles. The Morgan fingerprint density at radius 1 is 0.950 bits per heavy atom. The molecule has 2 unspecified atom stereocenters. The number of halogens is 1. The fourth-order valence-electron chi connectivity index (χ4n) is 1.89. The van der Waals surface area contributed by atoms with Crippen molar-refractivity contribution < 1.29 is 13.5 Å². The van der Waals surface area contributed by atoms with Crippen LogP contribution >= 0.6 is 15.9 Å². The van der Waals surface area contributed by atoms with E-state index in [1.165, 1.54) is 0 Å². The van der Waals surface area contributed by atoms with E-state index in [-0.39, 0.29) is 0 Å². The fourth-order valence-corrected chi connectivity index (χ4v) is 2.82. The molecule has 0 aliphatic rings. The lowest BCUT2D eigenvalue weighted by atomic mass is 10.0. The van der Waals surface area contributed by atoms with Crippen LogP contribution in [0.5, 0.6) is 0 Å². The lowest BCUT2D eigenvalue weighted by molar-refractivity contribution is 0.195. The lowest BCUT2D eigenvalue weighted by Gasteiger charge is -2.16. The van der Waals surface area contributed by atoms with Crippen LogP contribution in [0.15, 0.2) is 54.6 Å². The zero-order valence-electron chi connectivity index (χ0n) is 10.9. The number of aliphatic hydroxyl groups is 1. The van der Waals surface area contributed by atoms with Gasteiger partial charge in [-0.15, -0.1) is 0 Å². The second kappa shape index (κ2) is 6.08. The Bertz CT molecular complexity index is 666. The van der Waals surface area contributed by atoms with Crippen molar-refractivity contribution >= 4 is 25.8 Å². The van der Waals surface area contributed by atoms with Crippen LogP contribution in [-0.4, -0.2) is 23.9 Å². The molecule has 0 spiro atoms. The highest BCUT2D eigenvalue weighted by molar-refractivity contribution is 9.11. The van der Waals surface area contributed by atoms with Gasteiger partial charge in [0.05, 0.1) is 0 Å². The number of sulfone groups is 1. The Kier molecular flexibility index (Phi) is 4.62. The van der Waals surface area contributed by atoms with Crippen LogP contribution in [0.4, 0.5) is 0 Å². The summed E-state index contributed by atoms with van der Waals surface area (Å²) < 4.78 is 21.9. The van der Waals surface area contributed by atoms with Gasteiger partial charge in [0, 0.05) is 6.26 Å². The summed E-state index contributed by atoms with van der Waals surface area (Å²) in [5, 5.41) is 10.1. The number of aliphatic hydroxyl groups excluding tert-OH is 1. The highest BCUT2D eigenvalue weighted by Gasteiger charge is 2.27. The van der Waals surface area contributed by atoms with Crippen LogP contribution in [-0.2, 0) is 9.84 Å². The van der Waals surface area contributed by atoms with Crippen molar-refractivity contribution in [3.05, 3.63) is 60.2 Å². The normalized spacial score (nSPS) is 14.8. The minimum absolute atomic E-state index is 0.567. The average molecular weight is 355 g/mol. The Balaban J connectivity index is 2.25. The molecule has 2 rings (SSSR count). The van der Waals surface area contributed by atoms with Crippen molar-refractivity contribution in [2.45, 2.75) is 10.3 Å². The topological polar surface area (TPSA) is 54.4 Å². The molecule has 0 aliphatic heterocycles. The first-order valence-electron chi connectivity index (χ1n) is 6.06. The second-order valence-electron chi connectivity index (χ2n) is 4.61. The largest absolute Gasteiger partial charge is 0.386 e. The quantitative estimate of drug-likeness (QED) is 0.858. The highest BCUT2D eigenvalue weighted by Crippen LogP contribution is 2.28. The molecular formula is C15H15BrO3S. The molecule has 20 heavy (non-hydrogen) atoms. The van der Waals surface area contributed by atoms with Crippen LogP contribution < -0.4 is 0 Å². The van der Waals surface area contributed by atoms with Gasteiger partial charge in [0.25, 0.3) is 0 Å². The molecule has 5 heteroatoms. The number of hydrogen-bond donors (Lipinski definition) is 1. The van der Waals surface area contributed by atoms with Crippen molar-refractivity contribution in [2.75, 3.05) is 6.26 Å². The molecule has 0 fully saturated rings. The summed E-state index contributed by atoms with van der Waals surface area (Å²) in [6, 6.07) is 17.1. The van der Waals surface area contributed by atoms with Gasteiger partial charge in [0.15, 0.2) is 9.84 Å². The van der Waals surface area contributed by atoms with E-state index in [4.69, 9.17) is 0 Å². The summed E-state index contributed by atoms with van der Waals surface area (Å²) in [6.45, 7) is 0. The molecule has 1 N–H and O–H groups in total. The SMILES string of the molecule is CS(=O)(=O)C(Br)C(O)c1ccc(-c2ccccc2)cc1. The summed E-state index contributed by atoms with van der Waals surface area (Å²) in [6.07, 6.45) is 0.00312. The van der Waals surface area contributed by atoms with Gasteiger partial charge in [0.2, 0.25) is 0 Å². The van der Waals surface area contributed by atoms with E-state index in [9.17, 15) is 13.5 Å². The summed E-state index contributed by atoms with van der Waals surface area (Å²) in [5.74, 6) is 0. The maximum atomic E-state index is 11.4. The number of rotatable bonds is 4. The van der Waals surface area contributed by atoms with Crippen LogP contribution in [0.3, 0.4) is 0 Å². The summed E-state index contributed by atoms with van der Waals surface area (Å²) in [5.41, 5.74) is 2.66. The van der Waals surface area contributed by atoms with Gasteiger partial charge in [-0.3, -0.25) is 0 Å². The van der Waals surface area contributed by atoms with Gasteiger partial charge in [-0.25, -0.2) is 8.42 Å². The maximum Gasteiger partial charge on any atom is 0.163 e. The summed E-state index contributed by atoms with van der Waals surface area (Å²) in [7, 11) is -3.35. The van der Waals surface area contributed by atoms with Gasteiger partial charge in [-0.1, -0.05) is 70.5 Å². The number of hydrogen-bond acceptors (Lipinski definition) is 3. The van der Waals surface area contributed by atoms with E-state index in [1.807, 2.05) is 42.5 Å². The third-order valence-electron chi connectivity index (χ3n) is 3.02. The first-order valence-corrected chi connectivity index (χ1v) is 8.93. The van der Waals surface area contributed by atoms with E-state index in [0.717, 1.165) is 17.4 Å². The van der Waals surface area contributed by atoms with Gasteiger partial charge >= 0.3 is 0 Å². The van der Waals surface area contributed by atoms with E-state index in [1.54, 1.807) is 12.1 Å². The van der Waals surface area contributed by atoms with E-state index < -0.39 is 20.1 Å². The monoisotopic (exact) mass is 354 g/mol. The van der Waals surface area contributed by atoms with Crippen LogP contribution in [0.25, 0.3) is 11.1 Å². The fraction of sp³-hybridized carbons (Fsp3) is 0.200. The smallest absolute Gasteiger partial charge is 0.163 e. The first kappa shape index (κ1) is 15.2. The standard InChI is InChI=1S/C15H15BrO3S/c1-20(18,19)15(16)14(17)13-9-7-12(8-10-13)11-5-3-2-4-6-11/h2-10,14-15,17H,1H3. The van der Waals surface area contributed by atoms with E-state index >= 15 is 0 Å². The minimum atomic E-state index is -3.35.